The Labute approximate surface area is 126 Å². The Kier molecular flexibility index (Phi) is 6.21. The molecular weight excluding hydrogens is 264 g/mol. The van der Waals surface area contributed by atoms with Crippen LogP contribution in [0.5, 0.6) is 0 Å². The lowest BCUT2D eigenvalue weighted by Gasteiger charge is -2.24. The summed E-state index contributed by atoms with van der Waals surface area (Å²) in [6, 6.07) is 8.87. The van der Waals surface area contributed by atoms with Crippen molar-refractivity contribution >= 4 is 5.91 Å². The third-order valence-corrected chi connectivity index (χ3v) is 4.30. The molecule has 1 saturated carbocycles. The fourth-order valence-corrected chi connectivity index (χ4v) is 3.01. The first-order valence-electron chi connectivity index (χ1n) is 7.93. The van der Waals surface area contributed by atoms with Crippen LogP contribution in [0.15, 0.2) is 30.3 Å². The van der Waals surface area contributed by atoms with Crippen molar-refractivity contribution in [1.29, 1.82) is 0 Å². The first kappa shape index (κ1) is 16.0. The highest BCUT2D eigenvalue weighted by molar-refractivity contribution is 5.81. The predicted octanol–water partition coefficient (Wildman–Crippen LogP) is 2.13. The lowest BCUT2D eigenvalue weighted by Crippen LogP contribution is -2.43. The molecule has 2 unspecified atom stereocenters. The second kappa shape index (κ2) is 8.15. The van der Waals surface area contributed by atoms with Crippen molar-refractivity contribution in [2.75, 3.05) is 6.54 Å². The summed E-state index contributed by atoms with van der Waals surface area (Å²) in [5.74, 6) is 0.425. The minimum atomic E-state index is -0.683. The summed E-state index contributed by atoms with van der Waals surface area (Å²) < 4.78 is 0. The third kappa shape index (κ3) is 5.14. The van der Waals surface area contributed by atoms with Crippen molar-refractivity contribution in [3.05, 3.63) is 35.9 Å². The maximum absolute atomic E-state index is 12.0. The number of benzene rings is 1. The van der Waals surface area contributed by atoms with Gasteiger partial charge in [0.1, 0.15) is 0 Å². The molecule has 0 aromatic heterocycles. The number of aliphatic hydroxyl groups is 1. The highest BCUT2D eigenvalue weighted by Gasteiger charge is 2.21. The number of nitrogens with one attached hydrogen (secondary N) is 1. The maximum atomic E-state index is 12.0. The molecule has 1 aliphatic carbocycles. The highest BCUT2D eigenvalue weighted by atomic mass is 16.3. The number of amides is 1. The van der Waals surface area contributed by atoms with Gasteiger partial charge in [-0.2, -0.15) is 0 Å². The SMILES string of the molecule is NC(CC1CCCCC1)C(=O)NCC(O)c1ccccc1. The van der Waals surface area contributed by atoms with Crippen LogP contribution in [0.4, 0.5) is 0 Å². The van der Waals surface area contributed by atoms with E-state index in [1.165, 1.54) is 32.1 Å². The topological polar surface area (TPSA) is 75.4 Å². The van der Waals surface area contributed by atoms with Gasteiger partial charge in [0.05, 0.1) is 12.1 Å². The van der Waals surface area contributed by atoms with Crippen molar-refractivity contribution < 1.29 is 9.90 Å². The Morgan fingerprint density at radius 3 is 2.57 bits per heavy atom. The predicted molar refractivity (Wildman–Crippen MR) is 83.6 cm³/mol. The van der Waals surface area contributed by atoms with E-state index in [0.717, 1.165) is 12.0 Å². The fourth-order valence-electron chi connectivity index (χ4n) is 3.01. The van der Waals surface area contributed by atoms with Gasteiger partial charge in [0.15, 0.2) is 0 Å². The minimum absolute atomic E-state index is 0.157. The van der Waals surface area contributed by atoms with Gasteiger partial charge < -0.3 is 16.2 Å². The molecule has 0 saturated heterocycles. The van der Waals surface area contributed by atoms with Gasteiger partial charge in [-0.3, -0.25) is 4.79 Å². The zero-order chi connectivity index (χ0) is 15.1. The second-order valence-corrected chi connectivity index (χ2v) is 6.02. The average Bonchev–Trinajstić information content (AvgIpc) is 2.54. The zero-order valence-corrected chi connectivity index (χ0v) is 12.5. The van der Waals surface area contributed by atoms with E-state index in [4.69, 9.17) is 5.73 Å². The minimum Gasteiger partial charge on any atom is -0.387 e. The molecule has 0 spiro atoms. The number of carbonyl (C=O) groups is 1. The van der Waals surface area contributed by atoms with Gasteiger partial charge in [0.25, 0.3) is 0 Å². The van der Waals surface area contributed by atoms with Gasteiger partial charge in [0.2, 0.25) is 5.91 Å². The second-order valence-electron chi connectivity index (χ2n) is 6.02. The fraction of sp³-hybridized carbons (Fsp3) is 0.588. The van der Waals surface area contributed by atoms with Gasteiger partial charge in [-0.05, 0) is 17.9 Å². The Morgan fingerprint density at radius 2 is 1.90 bits per heavy atom. The molecule has 116 valence electrons. The molecule has 1 aromatic rings. The van der Waals surface area contributed by atoms with Crippen LogP contribution in [-0.4, -0.2) is 23.6 Å². The van der Waals surface area contributed by atoms with E-state index in [1.807, 2.05) is 30.3 Å². The van der Waals surface area contributed by atoms with Crippen molar-refractivity contribution in [3.63, 3.8) is 0 Å². The van der Waals surface area contributed by atoms with Gasteiger partial charge in [0, 0.05) is 6.54 Å². The number of hydrogen-bond acceptors (Lipinski definition) is 3. The highest BCUT2D eigenvalue weighted by Crippen LogP contribution is 2.26. The molecule has 1 fully saturated rings. The lowest BCUT2D eigenvalue weighted by atomic mass is 9.85. The molecular formula is C17H26N2O2. The summed E-state index contributed by atoms with van der Waals surface area (Å²) in [6.07, 6.45) is 6.27. The number of hydrogen-bond donors (Lipinski definition) is 3. The molecule has 21 heavy (non-hydrogen) atoms. The summed E-state index contributed by atoms with van der Waals surface area (Å²) in [4.78, 5) is 12.0. The van der Waals surface area contributed by atoms with Crippen LogP contribution in [0.2, 0.25) is 0 Å². The third-order valence-electron chi connectivity index (χ3n) is 4.30. The van der Waals surface area contributed by atoms with E-state index >= 15 is 0 Å². The molecule has 2 rings (SSSR count). The van der Waals surface area contributed by atoms with E-state index in [0.29, 0.717) is 5.92 Å². The molecule has 4 nitrogen and oxygen atoms in total. The maximum Gasteiger partial charge on any atom is 0.237 e. The van der Waals surface area contributed by atoms with Crippen LogP contribution in [-0.2, 0) is 4.79 Å². The average molecular weight is 290 g/mol. The van der Waals surface area contributed by atoms with E-state index in [2.05, 4.69) is 5.32 Å². The lowest BCUT2D eigenvalue weighted by molar-refractivity contribution is -0.123. The Morgan fingerprint density at radius 1 is 1.24 bits per heavy atom. The molecule has 4 heteroatoms. The summed E-state index contributed by atoms with van der Waals surface area (Å²) in [6.45, 7) is 0.210. The standard InChI is InChI=1S/C17H26N2O2/c18-15(11-13-7-3-1-4-8-13)17(21)19-12-16(20)14-9-5-2-6-10-14/h2,5-6,9-10,13,15-16,20H,1,3-4,7-8,11-12,18H2,(H,19,21). The smallest absolute Gasteiger partial charge is 0.237 e. The normalized spacial score (nSPS) is 19.0. The molecule has 4 N–H and O–H groups in total. The van der Waals surface area contributed by atoms with E-state index < -0.39 is 12.1 Å². The van der Waals surface area contributed by atoms with Crippen LogP contribution in [0.1, 0.15) is 50.2 Å². The number of aliphatic hydroxyl groups excluding tert-OH is 1. The molecule has 0 bridgehead atoms. The molecule has 1 aliphatic rings. The first-order valence-corrected chi connectivity index (χ1v) is 7.93. The number of rotatable bonds is 6. The van der Waals surface area contributed by atoms with Gasteiger partial charge in [-0.25, -0.2) is 0 Å². The summed E-state index contributed by atoms with van der Waals surface area (Å²) in [5, 5.41) is 12.8. The van der Waals surface area contributed by atoms with Crippen LogP contribution >= 0.6 is 0 Å². The van der Waals surface area contributed by atoms with E-state index in [9.17, 15) is 9.90 Å². The molecule has 1 amide bonds. The molecule has 1 aromatic carbocycles. The van der Waals surface area contributed by atoms with Gasteiger partial charge in [-0.15, -0.1) is 0 Å². The van der Waals surface area contributed by atoms with Gasteiger partial charge >= 0.3 is 0 Å². The number of nitrogens with two attached hydrogens (primary N) is 1. The first-order chi connectivity index (χ1) is 10.2. The van der Waals surface area contributed by atoms with Crippen LogP contribution in [0, 0.1) is 5.92 Å². The van der Waals surface area contributed by atoms with Crippen molar-refractivity contribution in [1.82, 2.24) is 5.32 Å². The summed E-state index contributed by atoms with van der Waals surface area (Å²) >= 11 is 0. The van der Waals surface area contributed by atoms with Gasteiger partial charge in [-0.1, -0.05) is 62.4 Å². The Hall–Kier alpha value is -1.39. The van der Waals surface area contributed by atoms with Crippen molar-refractivity contribution in [2.45, 2.75) is 50.7 Å². The largest absolute Gasteiger partial charge is 0.387 e. The van der Waals surface area contributed by atoms with Crippen LogP contribution in [0.25, 0.3) is 0 Å². The molecule has 0 radical (unpaired) electrons. The molecule has 0 aliphatic heterocycles. The zero-order valence-electron chi connectivity index (χ0n) is 12.5. The van der Waals surface area contributed by atoms with E-state index in [1.54, 1.807) is 0 Å². The van der Waals surface area contributed by atoms with Crippen molar-refractivity contribution in [3.8, 4) is 0 Å². The quantitative estimate of drug-likeness (QED) is 0.751. The van der Waals surface area contributed by atoms with Crippen LogP contribution in [0.3, 0.4) is 0 Å². The monoisotopic (exact) mass is 290 g/mol. The molecule has 2 atom stereocenters. The van der Waals surface area contributed by atoms with Crippen LogP contribution < -0.4 is 11.1 Å². The number of carbonyl (C=O) groups excluding carboxylic acids is 1. The molecule has 0 heterocycles. The Bertz CT molecular complexity index is 430. The Balaban J connectivity index is 1.73. The summed E-state index contributed by atoms with van der Waals surface area (Å²) in [7, 11) is 0. The summed E-state index contributed by atoms with van der Waals surface area (Å²) in [5.41, 5.74) is 6.78. The van der Waals surface area contributed by atoms with E-state index in [-0.39, 0.29) is 12.5 Å². The van der Waals surface area contributed by atoms with Crippen molar-refractivity contribution in [2.24, 2.45) is 11.7 Å².